The Morgan fingerprint density at radius 3 is 2.28 bits per heavy atom. The Balaban J connectivity index is 2.81. The Labute approximate surface area is 144 Å². The van der Waals surface area contributed by atoms with Gasteiger partial charge >= 0.3 is 11.9 Å². The smallest absolute Gasteiger partial charge is 0.322 e. The van der Waals surface area contributed by atoms with Crippen molar-refractivity contribution in [2.45, 2.75) is 18.2 Å². The Morgan fingerprint density at radius 2 is 1.80 bits per heavy atom. The predicted octanol–water partition coefficient (Wildman–Crippen LogP) is -1.70. The number of guanidine groups is 1. The normalized spacial score (nSPS) is 11.1. The number of aryl methyl sites for hydroxylation is 1. The number of hydrogen-bond acceptors (Lipinski definition) is 4. The van der Waals surface area contributed by atoms with Gasteiger partial charge in [0.1, 0.15) is 0 Å². The van der Waals surface area contributed by atoms with Crippen molar-refractivity contribution in [3.63, 3.8) is 0 Å². The maximum Gasteiger partial charge on any atom is 0.346 e. The first-order valence-corrected chi connectivity index (χ1v) is 9.27. The SMILES string of the molecule is CCc1cc(-n2ccc(=O)cc2)c(S(C)(=O)=O)cc1C(=O)[NH+]=C(N)N. The molecule has 1 amide bonds. The predicted molar refractivity (Wildman–Crippen MR) is 93.2 cm³/mol. The Kier molecular flexibility index (Phi) is 5.07. The molecule has 0 saturated heterocycles. The van der Waals surface area contributed by atoms with Crippen molar-refractivity contribution in [1.29, 1.82) is 0 Å². The molecule has 0 atom stereocenters. The summed E-state index contributed by atoms with van der Waals surface area (Å²) in [4.78, 5) is 25.8. The molecule has 0 unspecified atom stereocenters. The number of carbonyl (C=O) groups is 1. The molecular formula is C16H19N4O4S+. The number of nitrogens with zero attached hydrogens (tertiary/aromatic N) is 1. The molecule has 2 aromatic rings. The largest absolute Gasteiger partial charge is 0.346 e. The number of nitrogens with one attached hydrogen (secondary N) is 1. The number of benzene rings is 1. The summed E-state index contributed by atoms with van der Waals surface area (Å²) in [6.07, 6.45) is 4.46. The maximum atomic E-state index is 12.3. The van der Waals surface area contributed by atoms with Crippen LogP contribution in [-0.2, 0) is 16.3 Å². The average molecular weight is 363 g/mol. The van der Waals surface area contributed by atoms with E-state index in [0.29, 0.717) is 17.7 Å². The molecular weight excluding hydrogens is 344 g/mol. The maximum absolute atomic E-state index is 12.3. The van der Waals surface area contributed by atoms with Crippen LogP contribution in [0.5, 0.6) is 0 Å². The summed E-state index contributed by atoms with van der Waals surface area (Å²) < 4.78 is 26.0. The van der Waals surface area contributed by atoms with Gasteiger partial charge in [0.2, 0.25) is 0 Å². The first-order chi connectivity index (χ1) is 11.6. The van der Waals surface area contributed by atoms with Crippen molar-refractivity contribution in [2.75, 3.05) is 6.26 Å². The third kappa shape index (κ3) is 4.13. The minimum Gasteiger partial charge on any atom is -0.322 e. The number of aromatic nitrogens is 1. The van der Waals surface area contributed by atoms with Crippen LogP contribution in [0.25, 0.3) is 5.69 Å². The molecule has 0 aliphatic rings. The molecule has 1 aromatic heterocycles. The van der Waals surface area contributed by atoms with Gasteiger partial charge in [0.15, 0.2) is 15.3 Å². The Hall–Kier alpha value is -2.94. The van der Waals surface area contributed by atoms with E-state index < -0.39 is 15.7 Å². The number of pyridine rings is 1. The van der Waals surface area contributed by atoms with Crippen LogP contribution in [0.1, 0.15) is 22.8 Å². The molecule has 0 aliphatic carbocycles. The van der Waals surface area contributed by atoms with Crippen LogP contribution >= 0.6 is 0 Å². The van der Waals surface area contributed by atoms with Gasteiger partial charge in [-0.05, 0) is 24.1 Å². The molecule has 0 bridgehead atoms. The topological polar surface area (TPSA) is 139 Å². The number of carbonyl (C=O) groups excluding carboxylic acids is 1. The number of sulfone groups is 1. The van der Waals surface area contributed by atoms with E-state index in [1.165, 1.54) is 35.2 Å². The number of rotatable bonds is 4. The Bertz CT molecular complexity index is 998. The van der Waals surface area contributed by atoms with Crippen molar-refractivity contribution >= 4 is 21.7 Å². The summed E-state index contributed by atoms with van der Waals surface area (Å²) in [7, 11) is -3.65. The first kappa shape index (κ1) is 18.4. The van der Waals surface area contributed by atoms with E-state index >= 15 is 0 Å². The van der Waals surface area contributed by atoms with Crippen molar-refractivity contribution < 1.29 is 18.2 Å². The van der Waals surface area contributed by atoms with Crippen LogP contribution in [0.3, 0.4) is 0 Å². The number of hydrogen-bond donors (Lipinski definition) is 3. The van der Waals surface area contributed by atoms with Crippen LogP contribution < -0.4 is 21.9 Å². The standard InChI is InChI=1S/C16H18N4O4S/c1-3-10-8-13(20-6-4-11(21)5-7-20)14(25(2,23)24)9-12(10)15(22)19-16(17)18/h4-9H,3H2,1-2H3,(H4,17,18,19,22)/p+1. The van der Waals surface area contributed by atoms with E-state index in [9.17, 15) is 18.0 Å². The zero-order valence-corrected chi connectivity index (χ0v) is 14.6. The van der Waals surface area contributed by atoms with Gasteiger partial charge in [0, 0.05) is 30.8 Å². The summed E-state index contributed by atoms with van der Waals surface area (Å²) in [5, 5.41) is 0. The van der Waals surface area contributed by atoms with Crippen LogP contribution in [-0.4, -0.2) is 31.1 Å². The monoisotopic (exact) mass is 363 g/mol. The molecule has 0 fully saturated rings. The summed E-state index contributed by atoms with van der Waals surface area (Å²) >= 11 is 0. The lowest BCUT2D eigenvalue weighted by Crippen LogP contribution is -2.81. The first-order valence-electron chi connectivity index (χ1n) is 7.38. The second kappa shape index (κ2) is 6.89. The summed E-state index contributed by atoms with van der Waals surface area (Å²) in [5.41, 5.74) is 11.5. The molecule has 0 radical (unpaired) electrons. The van der Waals surface area contributed by atoms with E-state index in [1.54, 1.807) is 6.07 Å². The molecule has 8 nitrogen and oxygen atoms in total. The van der Waals surface area contributed by atoms with Gasteiger partial charge < -0.3 is 4.57 Å². The van der Waals surface area contributed by atoms with Crippen molar-refractivity contribution in [3.8, 4) is 5.69 Å². The molecule has 9 heteroatoms. The van der Waals surface area contributed by atoms with E-state index in [0.717, 1.165) is 6.26 Å². The van der Waals surface area contributed by atoms with E-state index in [2.05, 4.69) is 4.99 Å². The molecule has 0 saturated carbocycles. The van der Waals surface area contributed by atoms with Gasteiger partial charge in [-0.1, -0.05) is 6.92 Å². The van der Waals surface area contributed by atoms with Gasteiger partial charge in [-0.3, -0.25) is 21.1 Å². The molecule has 132 valence electrons. The minimum absolute atomic E-state index is 0.0471. The average Bonchev–Trinajstić information content (AvgIpc) is 2.52. The van der Waals surface area contributed by atoms with Gasteiger partial charge in [0.05, 0.1) is 16.1 Å². The van der Waals surface area contributed by atoms with Gasteiger partial charge in [-0.25, -0.2) is 13.4 Å². The third-order valence-corrected chi connectivity index (χ3v) is 4.67. The van der Waals surface area contributed by atoms with E-state index in [1.807, 2.05) is 6.92 Å². The number of nitrogens with two attached hydrogens (primary N) is 2. The van der Waals surface area contributed by atoms with Gasteiger partial charge in [0.25, 0.3) is 0 Å². The molecule has 1 aromatic carbocycles. The highest BCUT2D eigenvalue weighted by atomic mass is 32.2. The fraction of sp³-hybridized carbons (Fsp3) is 0.188. The minimum atomic E-state index is -3.65. The quantitative estimate of drug-likeness (QED) is 0.437. The lowest BCUT2D eigenvalue weighted by Gasteiger charge is -2.15. The molecule has 1 heterocycles. The fourth-order valence-electron chi connectivity index (χ4n) is 2.39. The van der Waals surface area contributed by atoms with Gasteiger partial charge in [-0.15, -0.1) is 0 Å². The lowest BCUT2D eigenvalue weighted by molar-refractivity contribution is -0.347. The highest BCUT2D eigenvalue weighted by Crippen LogP contribution is 2.25. The summed E-state index contributed by atoms with van der Waals surface area (Å²) in [6.45, 7) is 1.83. The Morgan fingerprint density at radius 1 is 1.20 bits per heavy atom. The van der Waals surface area contributed by atoms with Crippen molar-refractivity contribution in [2.24, 2.45) is 11.5 Å². The number of amides is 1. The summed E-state index contributed by atoms with van der Waals surface area (Å²) in [6, 6.07) is 5.53. The zero-order valence-electron chi connectivity index (χ0n) is 13.8. The van der Waals surface area contributed by atoms with Crippen LogP contribution in [0, 0.1) is 0 Å². The lowest BCUT2D eigenvalue weighted by atomic mass is 10.0. The van der Waals surface area contributed by atoms with Crippen molar-refractivity contribution in [3.05, 3.63) is 58.0 Å². The fourth-order valence-corrected chi connectivity index (χ4v) is 3.26. The van der Waals surface area contributed by atoms with Crippen LogP contribution in [0.4, 0.5) is 0 Å². The molecule has 0 spiro atoms. The molecule has 5 N–H and O–H groups in total. The molecule has 0 aliphatic heterocycles. The highest BCUT2D eigenvalue weighted by molar-refractivity contribution is 7.90. The highest BCUT2D eigenvalue weighted by Gasteiger charge is 2.21. The zero-order chi connectivity index (χ0) is 18.8. The third-order valence-electron chi connectivity index (χ3n) is 3.54. The van der Waals surface area contributed by atoms with E-state index in [4.69, 9.17) is 11.5 Å². The molecule has 2 rings (SSSR count). The van der Waals surface area contributed by atoms with Crippen molar-refractivity contribution in [1.82, 2.24) is 4.57 Å². The van der Waals surface area contributed by atoms with Crippen LogP contribution in [0.2, 0.25) is 0 Å². The second-order valence-corrected chi connectivity index (χ2v) is 7.44. The summed E-state index contributed by atoms with van der Waals surface area (Å²) in [5.74, 6) is -0.870. The second-order valence-electron chi connectivity index (χ2n) is 5.45. The van der Waals surface area contributed by atoms with Crippen LogP contribution in [0.15, 0.2) is 46.3 Å². The van der Waals surface area contributed by atoms with Gasteiger partial charge in [-0.2, -0.15) is 0 Å². The van der Waals surface area contributed by atoms with E-state index in [-0.39, 0.29) is 21.8 Å². The molecule has 25 heavy (non-hydrogen) atoms.